The van der Waals surface area contributed by atoms with Gasteiger partial charge in [0.2, 0.25) is 0 Å². The minimum absolute atomic E-state index is 0.0368. The molecule has 2 bridgehead atoms. The van der Waals surface area contributed by atoms with Crippen LogP contribution in [0.15, 0.2) is 0 Å². The number of nitriles is 1. The molecule has 3 aliphatic rings. The lowest BCUT2D eigenvalue weighted by molar-refractivity contribution is -0.148. The van der Waals surface area contributed by atoms with Crippen molar-refractivity contribution < 1.29 is 9.84 Å². The average Bonchev–Trinajstić information content (AvgIpc) is 2.94. The summed E-state index contributed by atoms with van der Waals surface area (Å²) in [6.45, 7) is 4.30. The van der Waals surface area contributed by atoms with Crippen LogP contribution in [0.25, 0.3) is 0 Å². The zero-order valence-electron chi connectivity index (χ0n) is 11.4. The molecule has 18 heavy (non-hydrogen) atoms. The van der Waals surface area contributed by atoms with Crippen LogP contribution in [0.2, 0.25) is 0 Å². The van der Waals surface area contributed by atoms with Crippen LogP contribution in [0.4, 0.5) is 0 Å². The first-order chi connectivity index (χ1) is 8.52. The summed E-state index contributed by atoms with van der Waals surface area (Å²) in [4.78, 5) is 0. The van der Waals surface area contributed by atoms with E-state index in [1.54, 1.807) is 0 Å². The third-order valence-electron chi connectivity index (χ3n) is 5.75. The Labute approximate surface area is 109 Å². The molecule has 1 aliphatic carbocycles. The van der Waals surface area contributed by atoms with Gasteiger partial charge in [0, 0.05) is 0 Å². The van der Waals surface area contributed by atoms with Crippen molar-refractivity contribution in [2.75, 3.05) is 0 Å². The van der Waals surface area contributed by atoms with Crippen LogP contribution in [0, 0.1) is 28.6 Å². The summed E-state index contributed by atoms with van der Waals surface area (Å²) < 4.78 is 5.90. The lowest BCUT2D eigenvalue weighted by Crippen LogP contribution is -2.59. The van der Waals surface area contributed by atoms with E-state index in [1.807, 2.05) is 0 Å². The quantitative estimate of drug-likeness (QED) is 0.777. The highest BCUT2D eigenvalue weighted by atomic mass is 16.5. The van der Waals surface area contributed by atoms with Crippen LogP contribution in [-0.2, 0) is 4.74 Å². The average molecular weight is 249 g/mol. The predicted octanol–water partition coefficient (Wildman–Crippen LogP) is 2.63. The van der Waals surface area contributed by atoms with Crippen molar-refractivity contribution in [2.24, 2.45) is 17.3 Å². The van der Waals surface area contributed by atoms with Crippen molar-refractivity contribution >= 4 is 0 Å². The molecule has 2 aliphatic heterocycles. The van der Waals surface area contributed by atoms with E-state index in [-0.39, 0.29) is 18.1 Å². The minimum atomic E-state index is -0.848. The van der Waals surface area contributed by atoms with Crippen LogP contribution in [0.5, 0.6) is 0 Å². The maximum absolute atomic E-state index is 11.3. The fourth-order valence-electron chi connectivity index (χ4n) is 4.61. The van der Waals surface area contributed by atoms with E-state index in [0.29, 0.717) is 5.92 Å². The smallest absolute Gasteiger partial charge is 0.115 e. The Morgan fingerprint density at radius 1 is 1.17 bits per heavy atom. The molecule has 0 aromatic carbocycles. The van der Waals surface area contributed by atoms with Crippen LogP contribution in [-0.4, -0.2) is 22.9 Å². The lowest BCUT2D eigenvalue weighted by atomic mass is 9.54. The number of ether oxygens (including phenoxy) is 1. The molecular formula is C15H23NO2. The summed E-state index contributed by atoms with van der Waals surface area (Å²) in [5.74, 6) is 0.715. The molecule has 0 radical (unpaired) electrons. The van der Waals surface area contributed by atoms with Gasteiger partial charge >= 0.3 is 0 Å². The molecule has 0 aromatic rings. The van der Waals surface area contributed by atoms with Gasteiger partial charge in [-0.05, 0) is 43.9 Å². The molecule has 6 atom stereocenters. The van der Waals surface area contributed by atoms with Crippen molar-refractivity contribution in [3.63, 3.8) is 0 Å². The van der Waals surface area contributed by atoms with E-state index >= 15 is 0 Å². The lowest BCUT2D eigenvalue weighted by Gasteiger charge is -2.51. The minimum Gasteiger partial charge on any atom is -0.388 e. The van der Waals surface area contributed by atoms with E-state index in [1.165, 1.54) is 6.42 Å². The monoisotopic (exact) mass is 249 g/mol. The van der Waals surface area contributed by atoms with Gasteiger partial charge in [0.15, 0.2) is 0 Å². The Morgan fingerprint density at radius 3 is 2.50 bits per heavy atom. The number of aliphatic hydroxyl groups is 1. The topological polar surface area (TPSA) is 53.2 Å². The Kier molecular flexibility index (Phi) is 2.73. The standard InChI is InChI=1S/C15H23NO2/c1-10-3-4-11(2)15(17,7-10)14(9-16)8-12-5-6-13(14)18-12/h10-13,17H,3-8H2,1-2H3. The predicted molar refractivity (Wildman–Crippen MR) is 67.7 cm³/mol. The Morgan fingerprint density at radius 2 is 1.94 bits per heavy atom. The molecule has 0 aromatic heterocycles. The summed E-state index contributed by atoms with van der Waals surface area (Å²) in [7, 11) is 0. The van der Waals surface area contributed by atoms with Crippen LogP contribution < -0.4 is 0 Å². The van der Waals surface area contributed by atoms with E-state index < -0.39 is 11.0 Å². The molecule has 3 nitrogen and oxygen atoms in total. The van der Waals surface area contributed by atoms with Crippen molar-refractivity contribution in [1.29, 1.82) is 5.26 Å². The number of hydrogen-bond donors (Lipinski definition) is 1. The molecule has 6 unspecified atom stereocenters. The maximum Gasteiger partial charge on any atom is 0.115 e. The van der Waals surface area contributed by atoms with Crippen molar-refractivity contribution in [3.8, 4) is 6.07 Å². The first-order valence-corrected chi connectivity index (χ1v) is 7.31. The van der Waals surface area contributed by atoms with Crippen molar-refractivity contribution in [3.05, 3.63) is 0 Å². The molecule has 3 rings (SSSR count). The van der Waals surface area contributed by atoms with Gasteiger partial charge in [-0.1, -0.05) is 20.3 Å². The number of hydrogen-bond acceptors (Lipinski definition) is 3. The van der Waals surface area contributed by atoms with Gasteiger partial charge in [-0.3, -0.25) is 0 Å². The second-order valence-electron chi connectivity index (χ2n) is 6.82. The Hall–Kier alpha value is -0.590. The summed E-state index contributed by atoms with van der Waals surface area (Å²) in [6, 6.07) is 2.50. The van der Waals surface area contributed by atoms with Gasteiger partial charge in [-0.25, -0.2) is 0 Å². The zero-order chi connectivity index (χ0) is 13.0. The highest BCUT2D eigenvalue weighted by Gasteiger charge is 2.65. The second kappa shape index (κ2) is 3.95. The molecule has 100 valence electrons. The highest BCUT2D eigenvalue weighted by Crippen LogP contribution is 2.59. The maximum atomic E-state index is 11.3. The van der Waals surface area contributed by atoms with Crippen molar-refractivity contribution in [2.45, 2.75) is 70.2 Å². The summed E-state index contributed by atoms with van der Waals surface area (Å²) >= 11 is 0. The molecule has 0 amide bonds. The van der Waals surface area contributed by atoms with E-state index in [2.05, 4.69) is 19.9 Å². The fourth-order valence-corrected chi connectivity index (χ4v) is 4.61. The summed E-state index contributed by atoms with van der Waals surface area (Å²) in [5, 5.41) is 21.1. The van der Waals surface area contributed by atoms with Gasteiger partial charge in [0.05, 0.1) is 23.9 Å². The number of rotatable bonds is 1. The fraction of sp³-hybridized carbons (Fsp3) is 0.933. The molecular weight excluding hydrogens is 226 g/mol. The molecule has 0 spiro atoms. The highest BCUT2D eigenvalue weighted by molar-refractivity contribution is 5.22. The number of fused-ring (bicyclic) bond motifs is 2. The number of nitrogens with zero attached hydrogens (tertiary/aromatic N) is 1. The third kappa shape index (κ3) is 1.42. The van der Waals surface area contributed by atoms with E-state index in [4.69, 9.17) is 4.74 Å². The first kappa shape index (κ1) is 12.4. The molecule has 2 saturated heterocycles. The van der Waals surface area contributed by atoms with Gasteiger partial charge in [0.25, 0.3) is 0 Å². The van der Waals surface area contributed by atoms with Crippen LogP contribution in [0.3, 0.4) is 0 Å². The van der Waals surface area contributed by atoms with Gasteiger partial charge in [0.1, 0.15) is 5.41 Å². The van der Waals surface area contributed by atoms with Crippen LogP contribution >= 0.6 is 0 Å². The SMILES string of the molecule is CC1CCC(C)C(O)(C2(C#N)CC3CCC2O3)C1. The van der Waals surface area contributed by atoms with E-state index in [9.17, 15) is 10.4 Å². The molecule has 2 heterocycles. The summed E-state index contributed by atoms with van der Waals surface area (Å²) in [6.07, 6.45) is 5.87. The first-order valence-electron chi connectivity index (χ1n) is 7.31. The summed E-state index contributed by atoms with van der Waals surface area (Å²) in [5.41, 5.74) is -1.50. The van der Waals surface area contributed by atoms with Gasteiger partial charge in [-0.15, -0.1) is 0 Å². The zero-order valence-corrected chi connectivity index (χ0v) is 11.4. The molecule has 3 heteroatoms. The molecule has 1 saturated carbocycles. The third-order valence-corrected chi connectivity index (χ3v) is 5.75. The van der Waals surface area contributed by atoms with E-state index in [0.717, 1.165) is 32.1 Å². The van der Waals surface area contributed by atoms with Gasteiger partial charge < -0.3 is 9.84 Å². The molecule has 1 N–H and O–H groups in total. The Balaban J connectivity index is 1.98. The second-order valence-corrected chi connectivity index (χ2v) is 6.82. The molecule has 3 fully saturated rings. The normalized spacial score (nSPS) is 55.4. The van der Waals surface area contributed by atoms with Gasteiger partial charge in [-0.2, -0.15) is 5.26 Å². The Bertz CT molecular complexity index is 390. The van der Waals surface area contributed by atoms with Crippen LogP contribution in [0.1, 0.15) is 52.4 Å². The largest absolute Gasteiger partial charge is 0.388 e. The van der Waals surface area contributed by atoms with Crippen molar-refractivity contribution in [1.82, 2.24) is 0 Å².